The molecule has 0 fully saturated rings. The number of carbonyl (C=O) groups excluding carboxylic acids is 2. The van der Waals surface area contributed by atoms with E-state index in [-0.39, 0.29) is 6.54 Å². The second-order valence-electron chi connectivity index (χ2n) is 4.15. The molecule has 0 spiro atoms. The van der Waals surface area contributed by atoms with Crippen LogP contribution in [0, 0.1) is 0 Å². The zero-order valence-corrected chi connectivity index (χ0v) is 11.0. The Hall–Kier alpha value is -1.79. The van der Waals surface area contributed by atoms with Crippen LogP contribution in [0.2, 0.25) is 0 Å². The van der Waals surface area contributed by atoms with Crippen molar-refractivity contribution < 1.29 is 19.5 Å². The maximum Gasteiger partial charge on any atom is 0.326 e. The first-order chi connectivity index (χ1) is 8.31. The lowest BCUT2D eigenvalue weighted by atomic mass is 10.3. The average molecular weight is 259 g/mol. The minimum absolute atomic E-state index is 0.199. The number of amides is 3. The van der Waals surface area contributed by atoms with E-state index >= 15 is 0 Å². The summed E-state index contributed by atoms with van der Waals surface area (Å²) in [6.07, 6.45) is 1.59. The van der Waals surface area contributed by atoms with Gasteiger partial charge in [-0.15, -0.1) is 0 Å². The maximum absolute atomic E-state index is 12.0. The van der Waals surface area contributed by atoms with Crippen LogP contribution in [-0.4, -0.2) is 59.0 Å². The highest BCUT2D eigenvalue weighted by molar-refractivity contribution is 5.85. The highest BCUT2D eigenvalue weighted by Crippen LogP contribution is 2.04. The number of hydrogen-bond acceptors (Lipinski definition) is 3. The summed E-state index contributed by atoms with van der Waals surface area (Å²) in [5.41, 5.74) is 5.07. The van der Waals surface area contributed by atoms with Crippen molar-refractivity contribution in [1.82, 2.24) is 9.80 Å². The lowest BCUT2D eigenvalue weighted by Crippen LogP contribution is -2.50. The Balaban J connectivity index is 4.71. The Morgan fingerprint density at radius 3 is 2.28 bits per heavy atom. The molecule has 0 aliphatic rings. The van der Waals surface area contributed by atoms with Crippen molar-refractivity contribution in [2.24, 2.45) is 5.73 Å². The first-order valence-electron chi connectivity index (χ1n) is 5.84. The van der Waals surface area contributed by atoms with Gasteiger partial charge in [0.25, 0.3) is 0 Å². The van der Waals surface area contributed by atoms with Crippen LogP contribution in [-0.2, 0) is 9.59 Å². The fraction of sp³-hybridized carbons (Fsp3) is 0.727. The summed E-state index contributed by atoms with van der Waals surface area (Å²) >= 11 is 0. The standard InChI is InChI=1S/C11H21N3O4/c1-4-5-6-14(7-9(12)15)11(18)13(3)8(2)10(16)17/h8H,4-7H2,1-3H3,(H2,12,15)(H,16,17). The zero-order valence-electron chi connectivity index (χ0n) is 11.0. The summed E-state index contributed by atoms with van der Waals surface area (Å²) in [7, 11) is 1.39. The minimum Gasteiger partial charge on any atom is -0.480 e. The van der Waals surface area contributed by atoms with Crippen molar-refractivity contribution in [3.8, 4) is 0 Å². The molecule has 0 aliphatic carbocycles. The van der Waals surface area contributed by atoms with E-state index in [0.717, 1.165) is 17.7 Å². The number of rotatable bonds is 7. The molecule has 0 radical (unpaired) electrons. The Morgan fingerprint density at radius 1 is 1.33 bits per heavy atom. The number of primary amides is 1. The van der Waals surface area contributed by atoms with Gasteiger partial charge < -0.3 is 20.6 Å². The van der Waals surface area contributed by atoms with Gasteiger partial charge in [0, 0.05) is 13.6 Å². The number of carboxylic acids is 1. The van der Waals surface area contributed by atoms with Crippen LogP contribution < -0.4 is 5.73 Å². The second-order valence-corrected chi connectivity index (χ2v) is 4.15. The van der Waals surface area contributed by atoms with Gasteiger partial charge in [-0.1, -0.05) is 13.3 Å². The van der Waals surface area contributed by atoms with Gasteiger partial charge in [0.05, 0.1) is 0 Å². The number of unbranched alkanes of at least 4 members (excludes halogenated alkanes) is 1. The van der Waals surface area contributed by atoms with Crippen LogP contribution in [0.3, 0.4) is 0 Å². The van der Waals surface area contributed by atoms with Crippen LogP contribution in [0.15, 0.2) is 0 Å². The van der Waals surface area contributed by atoms with E-state index in [0.29, 0.717) is 6.54 Å². The Kier molecular flexibility index (Phi) is 6.77. The van der Waals surface area contributed by atoms with Crippen molar-refractivity contribution in [1.29, 1.82) is 0 Å². The van der Waals surface area contributed by atoms with Crippen LogP contribution in [0.5, 0.6) is 0 Å². The summed E-state index contributed by atoms with van der Waals surface area (Å²) in [5.74, 6) is -1.71. The molecule has 1 atom stereocenters. The molecule has 3 amide bonds. The molecule has 0 aromatic rings. The van der Waals surface area contributed by atoms with E-state index in [4.69, 9.17) is 10.8 Å². The number of nitrogens with zero attached hydrogens (tertiary/aromatic N) is 2. The van der Waals surface area contributed by atoms with Crippen LogP contribution >= 0.6 is 0 Å². The number of nitrogens with two attached hydrogens (primary N) is 1. The highest BCUT2D eigenvalue weighted by Gasteiger charge is 2.26. The van der Waals surface area contributed by atoms with Gasteiger partial charge in [-0.25, -0.2) is 9.59 Å². The van der Waals surface area contributed by atoms with E-state index in [1.54, 1.807) is 0 Å². The molecule has 0 saturated heterocycles. The van der Waals surface area contributed by atoms with Gasteiger partial charge in [-0.3, -0.25) is 4.79 Å². The molecule has 0 aromatic carbocycles. The first-order valence-corrected chi connectivity index (χ1v) is 5.84. The third-order valence-corrected chi connectivity index (χ3v) is 2.64. The summed E-state index contributed by atoms with van der Waals surface area (Å²) in [5, 5.41) is 8.84. The molecule has 0 aliphatic heterocycles. The topological polar surface area (TPSA) is 104 Å². The van der Waals surface area contributed by atoms with E-state index < -0.39 is 23.9 Å². The predicted molar refractivity (Wildman–Crippen MR) is 65.9 cm³/mol. The van der Waals surface area contributed by atoms with E-state index in [1.807, 2.05) is 6.92 Å². The van der Waals surface area contributed by atoms with Crippen LogP contribution in [0.4, 0.5) is 4.79 Å². The molecule has 1 unspecified atom stereocenters. The molecule has 0 bridgehead atoms. The molecule has 0 saturated carbocycles. The number of carboxylic acid groups (broad SMARTS) is 1. The molecule has 0 heterocycles. The largest absolute Gasteiger partial charge is 0.480 e. The van der Waals surface area contributed by atoms with Gasteiger partial charge in [0.2, 0.25) is 5.91 Å². The molecular formula is C11H21N3O4. The average Bonchev–Trinajstić information content (AvgIpc) is 2.30. The molecule has 0 aromatic heterocycles. The third kappa shape index (κ3) is 5.03. The zero-order chi connectivity index (χ0) is 14.3. The predicted octanol–water partition coefficient (Wildman–Crippen LogP) is 0.0987. The SMILES string of the molecule is CCCCN(CC(N)=O)C(=O)N(C)C(C)C(=O)O. The fourth-order valence-electron chi connectivity index (χ4n) is 1.33. The highest BCUT2D eigenvalue weighted by atomic mass is 16.4. The number of likely N-dealkylation sites (N-methyl/N-ethyl adjacent to an activating group) is 1. The third-order valence-electron chi connectivity index (χ3n) is 2.64. The van der Waals surface area contributed by atoms with Crippen molar-refractivity contribution >= 4 is 17.9 Å². The first kappa shape index (κ1) is 16.2. The lowest BCUT2D eigenvalue weighted by molar-refractivity contribution is -0.141. The number of hydrogen-bond donors (Lipinski definition) is 2. The second kappa shape index (κ2) is 7.52. The van der Waals surface area contributed by atoms with Crippen molar-refractivity contribution in [3.63, 3.8) is 0 Å². The summed E-state index contributed by atoms with van der Waals surface area (Å²) in [6, 6.07) is -1.45. The molecule has 0 rings (SSSR count). The molecule has 18 heavy (non-hydrogen) atoms. The Labute approximate surface area is 107 Å². The quantitative estimate of drug-likeness (QED) is 0.676. The maximum atomic E-state index is 12.0. The molecule has 3 N–H and O–H groups in total. The molecular weight excluding hydrogens is 238 g/mol. The van der Waals surface area contributed by atoms with Crippen LogP contribution in [0.25, 0.3) is 0 Å². The normalized spacial score (nSPS) is 11.7. The van der Waals surface area contributed by atoms with Crippen molar-refractivity contribution in [3.05, 3.63) is 0 Å². The van der Waals surface area contributed by atoms with Gasteiger partial charge in [-0.2, -0.15) is 0 Å². The van der Waals surface area contributed by atoms with Crippen molar-refractivity contribution in [2.45, 2.75) is 32.7 Å². The lowest BCUT2D eigenvalue weighted by Gasteiger charge is -2.29. The summed E-state index contributed by atoms with van der Waals surface area (Å²) in [6.45, 7) is 3.55. The number of carbonyl (C=O) groups is 3. The van der Waals surface area contributed by atoms with E-state index in [1.165, 1.54) is 18.9 Å². The molecule has 7 nitrogen and oxygen atoms in total. The van der Waals surface area contributed by atoms with Gasteiger partial charge in [0.1, 0.15) is 12.6 Å². The van der Waals surface area contributed by atoms with Gasteiger partial charge in [0.15, 0.2) is 0 Å². The number of urea groups is 1. The van der Waals surface area contributed by atoms with E-state index in [2.05, 4.69) is 0 Å². The molecule has 104 valence electrons. The monoisotopic (exact) mass is 259 g/mol. The van der Waals surface area contributed by atoms with Gasteiger partial charge in [-0.05, 0) is 13.3 Å². The molecule has 7 heteroatoms. The summed E-state index contributed by atoms with van der Waals surface area (Å²) in [4.78, 5) is 36.1. The fourth-order valence-corrected chi connectivity index (χ4v) is 1.33. The van der Waals surface area contributed by atoms with Crippen LogP contribution in [0.1, 0.15) is 26.7 Å². The van der Waals surface area contributed by atoms with Gasteiger partial charge >= 0.3 is 12.0 Å². The Morgan fingerprint density at radius 2 is 1.89 bits per heavy atom. The number of aliphatic carboxylic acids is 1. The minimum atomic E-state index is -1.10. The van der Waals surface area contributed by atoms with Crippen molar-refractivity contribution in [2.75, 3.05) is 20.1 Å². The van der Waals surface area contributed by atoms with E-state index in [9.17, 15) is 14.4 Å². The smallest absolute Gasteiger partial charge is 0.326 e. The Bertz CT molecular complexity index is 319. The summed E-state index contributed by atoms with van der Waals surface area (Å²) < 4.78 is 0.